The van der Waals surface area contributed by atoms with E-state index in [0.29, 0.717) is 39.1 Å². The van der Waals surface area contributed by atoms with E-state index in [1.807, 2.05) is 19.2 Å². The van der Waals surface area contributed by atoms with Crippen LogP contribution in [0.5, 0.6) is 0 Å². The van der Waals surface area contributed by atoms with Gasteiger partial charge in [0.25, 0.3) is 5.56 Å². The number of pyridine rings is 1. The van der Waals surface area contributed by atoms with Crippen LogP contribution in [0.1, 0.15) is 12.5 Å². The zero-order chi connectivity index (χ0) is 17.3. The molecule has 5 nitrogen and oxygen atoms in total. The van der Waals surface area contributed by atoms with E-state index in [2.05, 4.69) is 9.97 Å². The summed E-state index contributed by atoms with van der Waals surface area (Å²) < 4.78 is 1.61. The molecule has 3 rings (SSSR count). The van der Waals surface area contributed by atoms with Crippen molar-refractivity contribution in [3.63, 3.8) is 0 Å². The van der Waals surface area contributed by atoms with Crippen molar-refractivity contribution in [3.8, 4) is 17.2 Å². The minimum absolute atomic E-state index is 0.164. The molecule has 0 unspecified atom stereocenters. The Kier molecular flexibility index (Phi) is 4.56. The van der Waals surface area contributed by atoms with Gasteiger partial charge < -0.3 is 0 Å². The number of aromatic nitrogens is 3. The maximum Gasteiger partial charge on any atom is 0.260 e. The third kappa shape index (κ3) is 2.77. The first-order valence-corrected chi connectivity index (χ1v) is 8.84. The Morgan fingerprint density at radius 2 is 2.12 bits per heavy atom. The van der Waals surface area contributed by atoms with Gasteiger partial charge in [-0.1, -0.05) is 29.4 Å². The predicted molar refractivity (Wildman–Crippen MR) is 96.4 cm³/mol. The average molecular weight is 357 g/mol. The predicted octanol–water partition coefficient (Wildman–Crippen LogP) is 3.73. The summed E-state index contributed by atoms with van der Waals surface area (Å²) in [5.41, 5.74) is 1.96. The van der Waals surface area contributed by atoms with Gasteiger partial charge in [0.2, 0.25) is 0 Å². The van der Waals surface area contributed by atoms with E-state index in [-0.39, 0.29) is 5.56 Å². The Balaban J connectivity index is 2.32. The van der Waals surface area contributed by atoms with Crippen LogP contribution in [0, 0.1) is 11.3 Å². The van der Waals surface area contributed by atoms with Crippen LogP contribution in [-0.4, -0.2) is 20.8 Å². The molecule has 2 aromatic heterocycles. The van der Waals surface area contributed by atoms with Crippen molar-refractivity contribution in [2.75, 3.05) is 6.26 Å². The smallest absolute Gasteiger partial charge is 0.260 e. The highest BCUT2D eigenvalue weighted by Gasteiger charge is 2.14. The number of rotatable bonds is 3. The van der Waals surface area contributed by atoms with Gasteiger partial charge in [0.15, 0.2) is 5.16 Å². The third-order valence-electron chi connectivity index (χ3n) is 3.69. The van der Waals surface area contributed by atoms with E-state index in [0.717, 1.165) is 5.39 Å². The molecule has 2 heterocycles. The molecule has 0 bridgehead atoms. The summed E-state index contributed by atoms with van der Waals surface area (Å²) in [6, 6.07) is 8.69. The average Bonchev–Trinajstić information content (AvgIpc) is 2.61. The zero-order valence-corrected chi connectivity index (χ0v) is 14.6. The van der Waals surface area contributed by atoms with Crippen LogP contribution in [-0.2, 0) is 6.54 Å². The summed E-state index contributed by atoms with van der Waals surface area (Å²) in [5.74, 6) is 0. The van der Waals surface area contributed by atoms with Crippen molar-refractivity contribution in [3.05, 3.63) is 51.4 Å². The van der Waals surface area contributed by atoms with Gasteiger partial charge in [0, 0.05) is 34.3 Å². The lowest BCUT2D eigenvalue weighted by atomic mass is 10.0. The number of fused-ring (bicyclic) bond motifs is 1. The van der Waals surface area contributed by atoms with Gasteiger partial charge in [-0.2, -0.15) is 5.26 Å². The lowest BCUT2D eigenvalue weighted by Crippen LogP contribution is -2.22. The molecule has 0 spiro atoms. The maximum atomic E-state index is 12.9. The quantitative estimate of drug-likeness (QED) is 0.528. The Bertz CT molecular complexity index is 1040. The molecule has 0 saturated carbocycles. The van der Waals surface area contributed by atoms with E-state index in [1.54, 1.807) is 35.0 Å². The van der Waals surface area contributed by atoms with Gasteiger partial charge >= 0.3 is 0 Å². The van der Waals surface area contributed by atoms with E-state index in [1.165, 1.54) is 11.8 Å². The van der Waals surface area contributed by atoms with Crippen LogP contribution >= 0.6 is 23.4 Å². The maximum absolute atomic E-state index is 12.9. The number of thioether (sulfide) groups is 1. The van der Waals surface area contributed by atoms with Crippen molar-refractivity contribution >= 4 is 34.4 Å². The van der Waals surface area contributed by atoms with Gasteiger partial charge in [-0.3, -0.25) is 9.36 Å². The van der Waals surface area contributed by atoms with Crippen LogP contribution in [0.3, 0.4) is 0 Å². The van der Waals surface area contributed by atoms with Gasteiger partial charge in [0.05, 0.1) is 11.6 Å². The summed E-state index contributed by atoms with van der Waals surface area (Å²) in [6.07, 6.45) is 3.60. The molecule has 0 aliphatic rings. The molecular weight excluding hydrogens is 344 g/mol. The molecular formula is C17H13ClN4OS. The van der Waals surface area contributed by atoms with Crippen LogP contribution in [0.25, 0.3) is 22.2 Å². The first kappa shape index (κ1) is 16.5. The first-order valence-electron chi connectivity index (χ1n) is 7.23. The highest BCUT2D eigenvalue weighted by Crippen LogP contribution is 2.28. The minimum Gasteiger partial charge on any atom is -0.292 e. The fourth-order valence-corrected chi connectivity index (χ4v) is 3.15. The molecule has 0 aliphatic heterocycles. The lowest BCUT2D eigenvalue weighted by Gasteiger charge is -2.12. The molecule has 120 valence electrons. The largest absolute Gasteiger partial charge is 0.292 e. The lowest BCUT2D eigenvalue weighted by molar-refractivity contribution is 0.743. The standard InChI is InChI=1S/C17H13ClN4OS/c1-3-22-15-11(9-20-17(21-15)24-2)7-13(16(22)23)12-5-4-10(8-19)6-14(12)18/h4-7,9H,3H2,1-2H3. The first-order chi connectivity index (χ1) is 11.6. The molecule has 0 aliphatic carbocycles. The number of nitriles is 1. The molecule has 0 saturated heterocycles. The molecule has 7 heteroatoms. The number of hydrogen-bond donors (Lipinski definition) is 0. The van der Waals surface area contributed by atoms with Crippen molar-refractivity contribution in [1.82, 2.24) is 14.5 Å². The molecule has 0 atom stereocenters. The normalized spacial score (nSPS) is 10.8. The second-order valence-corrected chi connectivity index (χ2v) is 6.23. The highest BCUT2D eigenvalue weighted by molar-refractivity contribution is 7.98. The van der Waals surface area contributed by atoms with Crippen molar-refractivity contribution in [1.29, 1.82) is 5.26 Å². The van der Waals surface area contributed by atoms with Gasteiger partial charge in [0.1, 0.15) is 5.65 Å². The topological polar surface area (TPSA) is 71.6 Å². The van der Waals surface area contributed by atoms with Crippen LogP contribution < -0.4 is 5.56 Å². The van der Waals surface area contributed by atoms with Gasteiger partial charge in [-0.15, -0.1) is 0 Å². The van der Waals surface area contributed by atoms with Crippen molar-refractivity contribution < 1.29 is 0 Å². The molecule has 0 radical (unpaired) electrons. The fraction of sp³-hybridized carbons (Fsp3) is 0.176. The zero-order valence-electron chi connectivity index (χ0n) is 13.1. The molecule has 0 fully saturated rings. The Morgan fingerprint density at radius 3 is 2.75 bits per heavy atom. The third-order valence-corrected chi connectivity index (χ3v) is 4.57. The van der Waals surface area contributed by atoms with Gasteiger partial charge in [-0.25, -0.2) is 9.97 Å². The van der Waals surface area contributed by atoms with Crippen LogP contribution in [0.4, 0.5) is 0 Å². The molecule has 24 heavy (non-hydrogen) atoms. The number of nitrogens with zero attached hydrogens (tertiary/aromatic N) is 4. The monoisotopic (exact) mass is 356 g/mol. The number of hydrogen-bond acceptors (Lipinski definition) is 5. The van der Waals surface area contributed by atoms with E-state index >= 15 is 0 Å². The fourth-order valence-electron chi connectivity index (χ4n) is 2.53. The van der Waals surface area contributed by atoms with Crippen LogP contribution in [0.2, 0.25) is 5.02 Å². The SMILES string of the molecule is CCn1c(=O)c(-c2ccc(C#N)cc2Cl)cc2cnc(SC)nc21. The summed E-state index contributed by atoms with van der Waals surface area (Å²) in [6.45, 7) is 2.38. The molecule has 3 aromatic rings. The Labute approximate surface area is 147 Å². The molecule has 0 amide bonds. The molecule has 1 aromatic carbocycles. The van der Waals surface area contributed by atoms with Crippen molar-refractivity contribution in [2.24, 2.45) is 0 Å². The number of benzene rings is 1. The Hall–Kier alpha value is -2.36. The van der Waals surface area contributed by atoms with Crippen LogP contribution in [0.15, 0.2) is 40.4 Å². The summed E-state index contributed by atoms with van der Waals surface area (Å²) >= 11 is 7.70. The summed E-state index contributed by atoms with van der Waals surface area (Å²) in [7, 11) is 0. The summed E-state index contributed by atoms with van der Waals surface area (Å²) in [4.78, 5) is 21.6. The van der Waals surface area contributed by atoms with E-state index in [4.69, 9.17) is 16.9 Å². The summed E-state index contributed by atoms with van der Waals surface area (Å²) in [5, 5.41) is 10.7. The van der Waals surface area contributed by atoms with Gasteiger partial charge in [-0.05, 0) is 31.4 Å². The highest BCUT2D eigenvalue weighted by atomic mass is 35.5. The minimum atomic E-state index is -0.164. The molecule has 0 N–H and O–H groups in total. The van der Waals surface area contributed by atoms with E-state index in [9.17, 15) is 4.79 Å². The Morgan fingerprint density at radius 1 is 1.33 bits per heavy atom. The second kappa shape index (κ2) is 6.63. The number of halogens is 1. The number of aryl methyl sites for hydroxylation is 1. The van der Waals surface area contributed by atoms with E-state index < -0.39 is 0 Å². The second-order valence-electron chi connectivity index (χ2n) is 5.05. The van der Waals surface area contributed by atoms with Crippen molar-refractivity contribution in [2.45, 2.75) is 18.6 Å².